The van der Waals surface area contributed by atoms with E-state index in [0.29, 0.717) is 6.54 Å². The first-order chi connectivity index (χ1) is 8.99. The maximum atomic E-state index is 12.0. The molecule has 20 heavy (non-hydrogen) atoms. The Morgan fingerprint density at radius 2 is 1.90 bits per heavy atom. The molecule has 3 N–H and O–H groups in total. The molecule has 5 nitrogen and oxygen atoms in total. The van der Waals surface area contributed by atoms with Crippen molar-refractivity contribution in [2.75, 3.05) is 6.54 Å². The molecule has 1 aromatic rings. The Bertz CT molecular complexity index is 607. The standard InChI is InChI=1S/C13H19ClN2O3S/c1-13(2,3)4-5-16-12(17)9-6-10(14)8-11(7-9)20(15,18)19/h6-8H,4-5H2,1-3H3,(H,16,17)(H2,15,18,19). The molecule has 0 atom stereocenters. The van der Waals surface area contributed by atoms with Gasteiger partial charge in [-0.2, -0.15) is 0 Å². The average Bonchev–Trinajstić information content (AvgIpc) is 2.25. The number of sulfonamides is 1. The minimum atomic E-state index is -3.89. The quantitative estimate of drug-likeness (QED) is 0.891. The molecule has 0 saturated carbocycles. The molecule has 0 saturated heterocycles. The lowest BCUT2D eigenvalue weighted by Crippen LogP contribution is -2.27. The summed E-state index contributed by atoms with van der Waals surface area (Å²) in [7, 11) is -3.89. The number of primary sulfonamides is 1. The van der Waals surface area contributed by atoms with Gasteiger partial charge in [-0.25, -0.2) is 13.6 Å². The normalized spacial score (nSPS) is 12.2. The summed E-state index contributed by atoms with van der Waals surface area (Å²) < 4.78 is 22.6. The minimum absolute atomic E-state index is 0.105. The van der Waals surface area contributed by atoms with Crippen molar-refractivity contribution in [3.8, 4) is 0 Å². The highest BCUT2D eigenvalue weighted by Gasteiger charge is 2.15. The average molecular weight is 319 g/mol. The molecule has 0 aromatic heterocycles. The monoisotopic (exact) mass is 318 g/mol. The molecule has 0 bridgehead atoms. The summed E-state index contributed by atoms with van der Waals surface area (Å²) in [5.74, 6) is -0.373. The molecule has 0 aliphatic rings. The SMILES string of the molecule is CC(C)(C)CCNC(=O)c1cc(Cl)cc(S(N)(=O)=O)c1. The summed E-state index contributed by atoms with van der Waals surface area (Å²) in [4.78, 5) is 11.8. The van der Waals surface area contributed by atoms with Crippen LogP contribution in [0, 0.1) is 5.41 Å². The Morgan fingerprint density at radius 1 is 1.30 bits per heavy atom. The summed E-state index contributed by atoms with van der Waals surface area (Å²) in [6, 6.07) is 3.83. The van der Waals surface area contributed by atoms with Gasteiger partial charge in [0.05, 0.1) is 4.90 Å². The third-order valence-corrected chi connectivity index (χ3v) is 3.73. The number of carbonyl (C=O) groups excluding carboxylic acids is 1. The van der Waals surface area contributed by atoms with Gasteiger partial charge in [0.1, 0.15) is 0 Å². The van der Waals surface area contributed by atoms with Crippen molar-refractivity contribution in [3.63, 3.8) is 0 Å². The van der Waals surface area contributed by atoms with Gasteiger partial charge >= 0.3 is 0 Å². The molecule has 7 heteroatoms. The Morgan fingerprint density at radius 3 is 2.40 bits per heavy atom. The van der Waals surface area contributed by atoms with Crippen LogP contribution in [0.5, 0.6) is 0 Å². The number of benzene rings is 1. The smallest absolute Gasteiger partial charge is 0.251 e. The van der Waals surface area contributed by atoms with Crippen LogP contribution in [0.25, 0.3) is 0 Å². The summed E-state index contributed by atoms with van der Waals surface area (Å²) in [6.45, 7) is 6.70. The second-order valence-corrected chi connectivity index (χ2v) is 7.79. The lowest BCUT2D eigenvalue weighted by atomic mass is 9.92. The van der Waals surface area contributed by atoms with Gasteiger partial charge in [0.15, 0.2) is 0 Å². The van der Waals surface area contributed by atoms with Crippen molar-refractivity contribution < 1.29 is 13.2 Å². The number of amides is 1. The predicted molar refractivity (Wildman–Crippen MR) is 79.2 cm³/mol. The van der Waals surface area contributed by atoms with Gasteiger partial charge in [-0.15, -0.1) is 0 Å². The van der Waals surface area contributed by atoms with Gasteiger partial charge in [0.25, 0.3) is 5.91 Å². The molecule has 1 rings (SSSR count). The van der Waals surface area contributed by atoms with Crippen molar-refractivity contribution in [2.45, 2.75) is 32.1 Å². The van der Waals surface area contributed by atoms with Gasteiger partial charge in [0, 0.05) is 17.1 Å². The number of hydrogen-bond donors (Lipinski definition) is 2. The van der Waals surface area contributed by atoms with Crippen LogP contribution in [-0.2, 0) is 10.0 Å². The largest absolute Gasteiger partial charge is 0.352 e. The van der Waals surface area contributed by atoms with Gasteiger partial charge < -0.3 is 5.32 Å². The lowest BCUT2D eigenvalue weighted by Gasteiger charge is -2.18. The van der Waals surface area contributed by atoms with Crippen LogP contribution in [0.15, 0.2) is 23.1 Å². The molecule has 0 heterocycles. The zero-order valence-corrected chi connectivity index (χ0v) is 13.3. The van der Waals surface area contributed by atoms with Crippen LogP contribution in [-0.4, -0.2) is 20.9 Å². The Balaban J connectivity index is 2.86. The summed E-state index contributed by atoms with van der Waals surface area (Å²) >= 11 is 5.81. The third kappa shape index (κ3) is 5.48. The highest BCUT2D eigenvalue weighted by atomic mass is 35.5. The van der Waals surface area contributed by atoms with E-state index in [9.17, 15) is 13.2 Å². The molecular weight excluding hydrogens is 300 g/mol. The minimum Gasteiger partial charge on any atom is -0.352 e. The first kappa shape index (κ1) is 16.9. The van der Waals surface area contributed by atoms with Crippen LogP contribution >= 0.6 is 11.6 Å². The molecule has 0 spiro atoms. The van der Waals surface area contributed by atoms with Crippen molar-refractivity contribution >= 4 is 27.5 Å². The topological polar surface area (TPSA) is 89.3 Å². The number of nitrogens with two attached hydrogens (primary N) is 1. The molecule has 112 valence electrons. The van der Waals surface area contributed by atoms with E-state index < -0.39 is 10.0 Å². The zero-order valence-electron chi connectivity index (χ0n) is 11.7. The van der Waals surface area contributed by atoms with E-state index in [1.54, 1.807) is 0 Å². The molecule has 0 aliphatic heterocycles. The fraction of sp³-hybridized carbons (Fsp3) is 0.462. The van der Waals surface area contributed by atoms with Gasteiger partial charge in [0.2, 0.25) is 10.0 Å². The second kappa shape index (κ2) is 6.11. The molecule has 0 unspecified atom stereocenters. The molecule has 0 aliphatic carbocycles. The lowest BCUT2D eigenvalue weighted by molar-refractivity contribution is 0.0949. The van der Waals surface area contributed by atoms with Gasteiger partial charge in [-0.3, -0.25) is 4.79 Å². The fourth-order valence-corrected chi connectivity index (χ4v) is 2.39. The van der Waals surface area contributed by atoms with Crippen molar-refractivity contribution in [1.29, 1.82) is 0 Å². The van der Waals surface area contributed by atoms with Crippen LogP contribution < -0.4 is 10.5 Å². The van der Waals surface area contributed by atoms with E-state index >= 15 is 0 Å². The molecule has 1 aromatic carbocycles. The molecule has 0 radical (unpaired) electrons. The number of nitrogens with one attached hydrogen (secondary N) is 1. The van der Waals surface area contributed by atoms with Crippen LogP contribution in [0.3, 0.4) is 0 Å². The molecule has 0 fully saturated rings. The molecule has 1 amide bonds. The number of rotatable bonds is 4. The van der Waals surface area contributed by atoms with E-state index in [1.165, 1.54) is 18.2 Å². The number of carbonyl (C=O) groups is 1. The molecular formula is C13H19ClN2O3S. The van der Waals surface area contributed by atoms with E-state index in [2.05, 4.69) is 26.1 Å². The van der Waals surface area contributed by atoms with Gasteiger partial charge in [-0.05, 0) is 30.0 Å². The third-order valence-electron chi connectivity index (χ3n) is 2.62. The van der Waals surface area contributed by atoms with Crippen molar-refractivity contribution in [3.05, 3.63) is 28.8 Å². The van der Waals surface area contributed by atoms with Crippen LogP contribution in [0.4, 0.5) is 0 Å². The number of hydrogen-bond acceptors (Lipinski definition) is 3. The highest BCUT2D eigenvalue weighted by Crippen LogP contribution is 2.19. The zero-order chi connectivity index (χ0) is 15.6. The highest BCUT2D eigenvalue weighted by molar-refractivity contribution is 7.89. The fourth-order valence-electron chi connectivity index (χ4n) is 1.51. The second-order valence-electron chi connectivity index (χ2n) is 5.79. The predicted octanol–water partition coefficient (Wildman–Crippen LogP) is 2.15. The van der Waals surface area contributed by atoms with Crippen LogP contribution in [0.2, 0.25) is 5.02 Å². The number of halogens is 1. The van der Waals surface area contributed by atoms with E-state index in [4.69, 9.17) is 16.7 Å². The Kier molecular flexibility index (Phi) is 5.18. The summed E-state index contributed by atoms with van der Waals surface area (Å²) in [5.41, 5.74) is 0.281. The van der Waals surface area contributed by atoms with E-state index in [1.807, 2.05) is 0 Å². The van der Waals surface area contributed by atoms with Crippen LogP contribution in [0.1, 0.15) is 37.6 Å². The van der Waals surface area contributed by atoms with E-state index in [-0.39, 0.29) is 26.8 Å². The van der Waals surface area contributed by atoms with Gasteiger partial charge in [-0.1, -0.05) is 32.4 Å². The summed E-state index contributed by atoms with van der Waals surface area (Å²) in [6.07, 6.45) is 0.807. The van der Waals surface area contributed by atoms with Crippen molar-refractivity contribution in [2.24, 2.45) is 10.6 Å². The maximum absolute atomic E-state index is 12.0. The van der Waals surface area contributed by atoms with Crippen molar-refractivity contribution in [1.82, 2.24) is 5.32 Å². The Labute approximate surface area is 124 Å². The first-order valence-electron chi connectivity index (χ1n) is 6.11. The summed E-state index contributed by atoms with van der Waals surface area (Å²) in [5, 5.41) is 7.91. The first-order valence-corrected chi connectivity index (χ1v) is 8.03. The Hall–Kier alpha value is -1.11. The maximum Gasteiger partial charge on any atom is 0.251 e. The van der Waals surface area contributed by atoms with E-state index in [0.717, 1.165) is 6.42 Å².